The molecule has 0 bridgehead atoms. The van der Waals surface area contributed by atoms with Crippen LogP contribution in [-0.2, 0) is 4.74 Å². The number of carbonyl (C=O) groups excluding carboxylic acids is 2. The SMILES string of the molecule is COC(=O)c1ccc(Oc2nnnn2-c2ccc(C(N)=O)cc2)cc1. The van der Waals surface area contributed by atoms with E-state index in [1.807, 2.05) is 0 Å². The average molecular weight is 339 g/mol. The van der Waals surface area contributed by atoms with Crippen molar-refractivity contribution >= 4 is 11.9 Å². The van der Waals surface area contributed by atoms with Gasteiger partial charge in [0.25, 0.3) is 0 Å². The Bertz CT molecular complexity index is 903. The van der Waals surface area contributed by atoms with Crippen LogP contribution in [0.4, 0.5) is 0 Å². The molecule has 0 saturated carbocycles. The summed E-state index contributed by atoms with van der Waals surface area (Å²) in [4.78, 5) is 22.5. The molecule has 3 rings (SSSR count). The van der Waals surface area contributed by atoms with Crippen molar-refractivity contribution in [2.45, 2.75) is 0 Å². The quantitative estimate of drug-likeness (QED) is 0.696. The van der Waals surface area contributed by atoms with Crippen molar-refractivity contribution in [2.24, 2.45) is 5.73 Å². The summed E-state index contributed by atoms with van der Waals surface area (Å²) in [5.41, 5.74) is 6.58. The highest BCUT2D eigenvalue weighted by Crippen LogP contribution is 2.22. The molecule has 2 aromatic carbocycles. The first kappa shape index (κ1) is 16.1. The van der Waals surface area contributed by atoms with Crippen molar-refractivity contribution in [1.29, 1.82) is 0 Å². The molecule has 9 nitrogen and oxygen atoms in total. The number of benzene rings is 2. The minimum Gasteiger partial charge on any atom is -0.465 e. The summed E-state index contributed by atoms with van der Waals surface area (Å²) in [5.74, 6) is -0.520. The Kier molecular flexibility index (Phi) is 4.38. The topological polar surface area (TPSA) is 122 Å². The molecule has 0 aliphatic heterocycles. The van der Waals surface area contributed by atoms with Crippen LogP contribution >= 0.6 is 0 Å². The monoisotopic (exact) mass is 339 g/mol. The molecule has 9 heteroatoms. The number of hydrogen-bond donors (Lipinski definition) is 1. The zero-order valence-corrected chi connectivity index (χ0v) is 13.1. The first-order chi connectivity index (χ1) is 12.1. The van der Waals surface area contributed by atoms with Crippen LogP contribution in [0.1, 0.15) is 20.7 Å². The highest BCUT2D eigenvalue weighted by molar-refractivity contribution is 5.92. The van der Waals surface area contributed by atoms with Crippen LogP contribution in [0, 0.1) is 0 Å². The number of primary amides is 1. The highest BCUT2D eigenvalue weighted by Gasteiger charge is 2.12. The molecule has 1 heterocycles. The standard InChI is InChI=1S/C16H13N5O4/c1-24-15(23)11-4-8-13(9-5-11)25-16-18-19-20-21(16)12-6-2-10(3-7-12)14(17)22/h2-9H,1H3,(H2,17,22). The second-order valence-corrected chi connectivity index (χ2v) is 4.90. The van der Waals surface area contributed by atoms with Gasteiger partial charge in [0.05, 0.1) is 18.4 Å². The van der Waals surface area contributed by atoms with Gasteiger partial charge in [0.2, 0.25) is 5.91 Å². The predicted molar refractivity (Wildman–Crippen MR) is 85.5 cm³/mol. The van der Waals surface area contributed by atoms with E-state index in [9.17, 15) is 9.59 Å². The molecule has 126 valence electrons. The first-order valence-electron chi connectivity index (χ1n) is 7.13. The van der Waals surface area contributed by atoms with Gasteiger partial charge in [0, 0.05) is 5.56 Å². The maximum Gasteiger partial charge on any atom is 0.345 e. The number of amides is 1. The molecule has 1 aromatic heterocycles. The van der Waals surface area contributed by atoms with E-state index in [2.05, 4.69) is 20.3 Å². The van der Waals surface area contributed by atoms with Gasteiger partial charge in [-0.15, -0.1) is 0 Å². The number of rotatable bonds is 5. The fourth-order valence-corrected chi connectivity index (χ4v) is 2.05. The second-order valence-electron chi connectivity index (χ2n) is 4.90. The normalized spacial score (nSPS) is 10.3. The largest absolute Gasteiger partial charge is 0.465 e. The molecule has 25 heavy (non-hydrogen) atoms. The number of nitrogens with two attached hydrogens (primary N) is 1. The third-order valence-electron chi connectivity index (χ3n) is 3.32. The summed E-state index contributed by atoms with van der Waals surface area (Å²) >= 11 is 0. The molecule has 0 aliphatic carbocycles. The predicted octanol–water partition coefficient (Wildman–Crippen LogP) is 1.34. The van der Waals surface area contributed by atoms with Crippen molar-refractivity contribution in [3.63, 3.8) is 0 Å². The van der Waals surface area contributed by atoms with Gasteiger partial charge in [-0.25, -0.2) is 4.79 Å². The number of nitrogens with zero attached hydrogens (tertiary/aromatic N) is 4. The Hall–Kier alpha value is -3.75. The molecule has 0 aliphatic rings. The molecule has 0 saturated heterocycles. The van der Waals surface area contributed by atoms with E-state index < -0.39 is 11.9 Å². The molecule has 0 radical (unpaired) electrons. The lowest BCUT2D eigenvalue weighted by molar-refractivity contribution is 0.0600. The minimum absolute atomic E-state index is 0.123. The molecule has 0 unspecified atom stereocenters. The zero-order valence-electron chi connectivity index (χ0n) is 13.1. The summed E-state index contributed by atoms with van der Waals surface area (Å²) < 4.78 is 11.6. The fourth-order valence-electron chi connectivity index (χ4n) is 2.05. The van der Waals surface area contributed by atoms with Crippen LogP contribution in [0.2, 0.25) is 0 Å². The molecule has 0 atom stereocenters. The van der Waals surface area contributed by atoms with Gasteiger partial charge in [0.15, 0.2) is 0 Å². The van der Waals surface area contributed by atoms with Gasteiger partial charge in [-0.3, -0.25) is 4.79 Å². The van der Waals surface area contributed by atoms with E-state index in [4.69, 9.17) is 10.5 Å². The Morgan fingerprint density at radius 1 is 1.00 bits per heavy atom. The summed E-state index contributed by atoms with van der Waals surface area (Å²) in [6.07, 6.45) is 0. The summed E-state index contributed by atoms with van der Waals surface area (Å²) in [7, 11) is 1.31. The number of hydrogen-bond acceptors (Lipinski definition) is 7. The summed E-state index contributed by atoms with van der Waals surface area (Å²) in [6.45, 7) is 0. The third-order valence-corrected chi connectivity index (χ3v) is 3.32. The lowest BCUT2D eigenvalue weighted by atomic mass is 10.2. The molecule has 0 spiro atoms. The number of tetrazole rings is 1. The van der Waals surface area contributed by atoms with Crippen LogP contribution in [0.5, 0.6) is 11.8 Å². The fraction of sp³-hybridized carbons (Fsp3) is 0.0625. The average Bonchev–Trinajstić information content (AvgIpc) is 3.10. The highest BCUT2D eigenvalue weighted by atomic mass is 16.5. The van der Waals surface area contributed by atoms with Gasteiger partial charge < -0.3 is 15.2 Å². The van der Waals surface area contributed by atoms with Gasteiger partial charge in [-0.05, 0) is 59.0 Å². The van der Waals surface area contributed by atoms with Crippen LogP contribution in [0.25, 0.3) is 5.69 Å². The third kappa shape index (κ3) is 3.44. The molecular weight excluding hydrogens is 326 g/mol. The number of methoxy groups -OCH3 is 1. The number of carbonyl (C=O) groups is 2. The number of esters is 1. The van der Waals surface area contributed by atoms with E-state index in [1.165, 1.54) is 11.8 Å². The molecule has 1 amide bonds. The Morgan fingerprint density at radius 3 is 2.24 bits per heavy atom. The Labute approximate surface area is 142 Å². The van der Waals surface area contributed by atoms with E-state index in [0.717, 1.165) is 0 Å². The maximum atomic E-state index is 11.4. The Morgan fingerprint density at radius 2 is 1.64 bits per heavy atom. The van der Waals surface area contributed by atoms with Crippen LogP contribution in [0.3, 0.4) is 0 Å². The lowest BCUT2D eigenvalue weighted by Gasteiger charge is -2.07. The maximum absolute atomic E-state index is 11.4. The van der Waals surface area contributed by atoms with Gasteiger partial charge >= 0.3 is 12.0 Å². The van der Waals surface area contributed by atoms with Crippen LogP contribution in [0.15, 0.2) is 48.5 Å². The van der Waals surface area contributed by atoms with Gasteiger partial charge in [-0.2, -0.15) is 4.68 Å². The molecule has 0 fully saturated rings. The first-order valence-corrected chi connectivity index (χ1v) is 7.13. The van der Waals surface area contributed by atoms with Crippen LogP contribution < -0.4 is 10.5 Å². The van der Waals surface area contributed by atoms with Gasteiger partial charge in [0.1, 0.15) is 5.75 Å². The van der Waals surface area contributed by atoms with E-state index >= 15 is 0 Å². The van der Waals surface area contributed by atoms with E-state index in [1.54, 1.807) is 48.5 Å². The van der Waals surface area contributed by atoms with Crippen molar-refractivity contribution in [1.82, 2.24) is 20.2 Å². The minimum atomic E-state index is -0.523. The van der Waals surface area contributed by atoms with Crippen molar-refractivity contribution in [3.05, 3.63) is 59.7 Å². The van der Waals surface area contributed by atoms with Crippen molar-refractivity contribution < 1.29 is 19.1 Å². The van der Waals surface area contributed by atoms with E-state index in [0.29, 0.717) is 22.6 Å². The van der Waals surface area contributed by atoms with Gasteiger partial charge in [-0.1, -0.05) is 5.10 Å². The molecular formula is C16H13N5O4. The smallest absolute Gasteiger partial charge is 0.345 e. The molecule has 3 aromatic rings. The van der Waals surface area contributed by atoms with Crippen LogP contribution in [-0.4, -0.2) is 39.2 Å². The summed E-state index contributed by atoms with van der Waals surface area (Å²) in [5, 5.41) is 11.3. The Balaban J connectivity index is 1.82. The zero-order chi connectivity index (χ0) is 17.8. The lowest BCUT2D eigenvalue weighted by Crippen LogP contribution is -2.10. The summed E-state index contributed by atoms with van der Waals surface area (Å²) in [6, 6.07) is 12.9. The number of ether oxygens (including phenoxy) is 2. The number of aromatic nitrogens is 4. The van der Waals surface area contributed by atoms with Crippen molar-refractivity contribution in [2.75, 3.05) is 7.11 Å². The van der Waals surface area contributed by atoms with E-state index in [-0.39, 0.29) is 6.01 Å². The molecule has 2 N–H and O–H groups in total. The van der Waals surface area contributed by atoms with Crippen molar-refractivity contribution in [3.8, 4) is 17.4 Å². The second kappa shape index (κ2) is 6.79.